The molecule has 6 rings (SSSR count). The lowest BCUT2D eigenvalue weighted by Gasteiger charge is -2.01. The molecule has 3 aromatic heterocycles. The van der Waals surface area contributed by atoms with Crippen LogP contribution in [0.25, 0.3) is 33.1 Å². The number of benzene rings is 3. The van der Waals surface area contributed by atoms with Gasteiger partial charge in [-0.2, -0.15) is 15.0 Å². The third kappa shape index (κ3) is 6.12. The highest BCUT2D eigenvalue weighted by molar-refractivity contribution is 6.00. The number of carbonyl (C=O) groups excluding carboxylic acids is 3. The summed E-state index contributed by atoms with van der Waals surface area (Å²) in [4.78, 5) is 35.3. The molecule has 0 spiro atoms. The molecule has 0 saturated heterocycles. The van der Waals surface area contributed by atoms with E-state index in [0.29, 0.717) is 0 Å². The Hall–Kier alpha value is -5.13. The molecule has 12 nitrogen and oxygen atoms in total. The first kappa shape index (κ1) is 29.8. The Kier molecular flexibility index (Phi) is 8.36. The zero-order valence-electron chi connectivity index (χ0n) is 25.2. The summed E-state index contributed by atoms with van der Waals surface area (Å²) in [6.45, 7) is 10.4. The monoisotopic (exact) mass is 567 g/mol. The highest BCUT2D eigenvalue weighted by Gasteiger charge is 2.11. The molecule has 0 aliphatic carbocycles. The summed E-state index contributed by atoms with van der Waals surface area (Å²) in [5.74, 6) is 0.204. The van der Waals surface area contributed by atoms with Gasteiger partial charge in [-0.3, -0.25) is 14.4 Å². The van der Waals surface area contributed by atoms with Crippen LogP contribution in [0.15, 0.2) is 36.4 Å². The number of fused-ring (bicyclic) bond motifs is 3. The van der Waals surface area contributed by atoms with Crippen molar-refractivity contribution < 1.29 is 14.4 Å². The van der Waals surface area contributed by atoms with Crippen LogP contribution in [-0.2, 0) is 21.1 Å². The number of aromatic nitrogens is 9. The fourth-order valence-corrected chi connectivity index (χ4v) is 4.68. The Bertz CT molecular complexity index is 1970. The largest absolute Gasteiger partial charge is 0.294 e. The molecular formula is C30H33N9O3. The molecule has 42 heavy (non-hydrogen) atoms. The van der Waals surface area contributed by atoms with Gasteiger partial charge in [-0.15, -0.1) is 10.2 Å². The molecule has 0 N–H and O–H groups in total. The number of carbonyl (C=O) groups is 3. The molecule has 6 aromatic rings. The Morgan fingerprint density at radius 3 is 1.38 bits per heavy atom. The van der Waals surface area contributed by atoms with Gasteiger partial charge in [0, 0.05) is 37.8 Å². The van der Waals surface area contributed by atoms with E-state index in [1.807, 2.05) is 59.1 Å². The number of hydrogen-bond donors (Lipinski definition) is 0. The van der Waals surface area contributed by atoms with Crippen LogP contribution in [0.4, 0.5) is 0 Å². The molecule has 0 atom stereocenters. The van der Waals surface area contributed by atoms with Gasteiger partial charge in [-0.25, -0.2) is 9.36 Å². The minimum atomic E-state index is 0.0649. The van der Waals surface area contributed by atoms with Crippen LogP contribution in [0.2, 0.25) is 0 Å². The van der Waals surface area contributed by atoms with Crippen LogP contribution < -0.4 is 0 Å². The molecule has 0 aliphatic rings. The SMILES string of the molecule is CC(=O)c1cc2c(cc1C)nnn2C.CC(=O)c1cc2nn(C)nc2cc1C.CC(=O)c1cc2nnn(C)c2cc1C. The molecule has 3 heterocycles. The van der Waals surface area contributed by atoms with Crippen molar-refractivity contribution in [1.82, 2.24) is 45.0 Å². The van der Waals surface area contributed by atoms with Crippen LogP contribution >= 0.6 is 0 Å². The maximum atomic E-state index is 11.3. The van der Waals surface area contributed by atoms with Crippen LogP contribution in [0.5, 0.6) is 0 Å². The highest BCUT2D eigenvalue weighted by atomic mass is 16.1. The molecule has 0 bridgehead atoms. The summed E-state index contributed by atoms with van der Waals surface area (Å²) < 4.78 is 3.37. The second-order valence-electron chi connectivity index (χ2n) is 10.3. The summed E-state index contributed by atoms with van der Waals surface area (Å²) in [7, 11) is 5.42. The molecule has 0 aliphatic heterocycles. The van der Waals surface area contributed by atoms with E-state index in [1.165, 1.54) is 4.80 Å². The van der Waals surface area contributed by atoms with Gasteiger partial charge in [-0.05, 0) is 94.6 Å². The molecular weight excluding hydrogens is 534 g/mol. The van der Waals surface area contributed by atoms with Crippen molar-refractivity contribution in [3.05, 3.63) is 69.8 Å². The van der Waals surface area contributed by atoms with Gasteiger partial charge < -0.3 is 0 Å². The molecule has 0 saturated carbocycles. The molecule has 3 aromatic carbocycles. The first-order valence-corrected chi connectivity index (χ1v) is 13.2. The van der Waals surface area contributed by atoms with Crippen molar-refractivity contribution in [2.75, 3.05) is 0 Å². The number of ketones is 3. The van der Waals surface area contributed by atoms with E-state index in [1.54, 1.807) is 49.3 Å². The van der Waals surface area contributed by atoms with Gasteiger partial charge in [-0.1, -0.05) is 10.4 Å². The standard InChI is InChI=1S/3C10H11N3O/c1-6-4-10-9(11-12-13(10)3)5-8(6)7(2)14;1-6-4-9-10(13(3)12-11-9)5-8(6)7(2)14;1-6-4-9-10(12-13(3)11-9)5-8(6)7(2)14/h3*4-5H,1-3H3. The first-order valence-electron chi connectivity index (χ1n) is 13.2. The van der Waals surface area contributed by atoms with E-state index in [9.17, 15) is 14.4 Å². The Morgan fingerprint density at radius 1 is 0.524 bits per heavy atom. The van der Waals surface area contributed by atoms with Gasteiger partial charge >= 0.3 is 0 Å². The second kappa shape index (κ2) is 11.8. The maximum Gasteiger partial charge on any atom is 0.160 e. The maximum absolute atomic E-state index is 11.3. The molecule has 0 amide bonds. The lowest BCUT2D eigenvalue weighted by Crippen LogP contribution is -1.97. The van der Waals surface area contributed by atoms with Crippen molar-refractivity contribution in [1.29, 1.82) is 0 Å². The summed E-state index contributed by atoms with van der Waals surface area (Å²) in [6, 6.07) is 11.1. The van der Waals surface area contributed by atoms with Crippen molar-refractivity contribution in [3.63, 3.8) is 0 Å². The molecule has 0 unspecified atom stereocenters. The summed E-state index contributed by atoms with van der Waals surface area (Å²) >= 11 is 0. The number of nitrogens with zero attached hydrogens (tertiary/aromatic N) is 9. The van der Waals surface area contributed by atoms with E-state index in [0.717, 1.165) is 66.5 Å². The third-order valence-corrected chi connectivity index (χ3v) is 6.88. The summed E-state index contributed by atoms with van der Waals surface area (Å²) in [5.41, 5.74) is 10.1. The molecule has 12 heteroatoms. The van der Waals surface area contributed by atoms with Crippen molar-refractivity contribution >= 4 is 50.4 Å². The Balaban J connectivity index is 0.000000145. The predicted octanol–water partition coefficient (Wildman–Crippen LogP) is 4.44. The van der Waals surface area contributed by atoms with E-state index in [2.05, 4.69) is 30.8 Å². The van der Waals surface area contributed by atoms with Crippen molar-refractivity contribution in [2.45, 2.75) is 41.5 Å². The number of hydrogen-bond acceptors (Lipinski definition) is 9. The van der Waals surface area contributed by atoms with Crippen molar-refractivity contribution in [2.24, 2.45) is 21.1 Å². The smallest absolute Gasteiger partial charge is 0.160 e. The number of rotatable bonds is 3. The fourth-order valence-electron chi connectivity index (χ4n) is 4.68. The highest BCUT2D eigenvalue weighted by Crippen LogP contribution is 2.19. The number of Topliss-reactive ketones (excluding diaryl/α,β-unsaturated/α-hetero) is 3. The van der Waals surface area contributed by atoms with Gasteiger partial charge in [0.2, 0.25) is 0 Å². The summed E-state index contributed by atoms with van der Waals surface area (Å²) in [5, 5.41) is 24.0. The predicted molar refractivity (Wildman–Crippen MR) is 160 cm³/mol. The zero-order valence-corrected chi connectivity index (χ0v) is 25.2. The fraction of sp³-hybridized carbons (Fsp3) is 0.300. The van der Waals surface area contributed by atoms with E-state index >= 15 is 0 Å². The lowest BCUT2D eigenvalue weighted by atomic mass is 10.0. The topological polar surface area (TPSA) is 143 Å². The quantitative estimate of drug-likeness (QED) is 0.284. The van der Waals surface area contributed by atoms with E-state index in [-0.39, 0.29) is 17.3 Å². The molecule has 0 fully saturated rings. The van der Waals surface area contributed by atoms with E-state index in [4.69, 9.17) is 0 Å². The van der Waals surface area contributed by atoms with Crippen molar-refractivity contribution in [3.8, 4) is 0 Å². The normalized spacial score (nSPS) is 10.8. The van der Waals surface area contributed by atoms with Gasteiger partial charge in [0.1, 0.15) is 22.1 Å². The Morgan fingerprint density at radius 2 is 0.881 bits per heavy atom. The Labute approximate surface area is 242 Å². The minimum absolute atomic E-state index is 0.0649. The molecule has 216 valence electrons. The number of aryl methyl sites for hydroxylation is 6. The van der Waals surface area contributed by atoms with Crippen LogP contribution in [0.3, 0.4) is 0 Å². The first-order chi connectivity index (χ1) is 19.8. The second-order valence-corrected chi connectivity index (χ2v) is 10.3. The van der Waals surface area contributed by atoms with Gasteiger partial charge in [0.15, 0.2) is 17.3 Å². The minimum Gasteiger partial charge on any atom is -0.294 e. The molecule has 0 radical (unpaired) electrons. The van der Waals surface area contributed by atoms with Gasteiger partial charge in [0.25, 0.3) is 0 Å². The summed E-state index contributed by atoms with van der Waals surface area (Å²) in [6.07, 6.45) is 0. The van der Waals surface area contributed by atoms with E-state index < -0.39 is 0 Å². The average molecular weight is 568 g/mol. The van der Waals surface area contributed by atoms with Crippen LogP contribution in [-0.4, -0.2) is 62.3 Å². The lowest BCUT2D eigenvalue weighted by molar-refractivity contribution is 0.100. The van der Waals surface area contributed by atoms with Crippen LogP contribution in [0.1, 0.15) is 68.5 Å². The average Bonchev–Trinajstić information content (AvgIpc) is 3.58. The van der Waals surface area contributed by atoms with Crippen LogP contribution in [0, 0.1) is 20.8 Å². The van der Waals surface area contributed by atoms with Gasteiger partial charge in [0.05, 0.1) is 11.0 Å². The zero-order chi connectivity index (χ0) is 30.9. The third-order valence-electron chi connectivity index (χ3n) is 6.88.